The van der Waals surface area contributed by atoms with Gasteiger partial charge in [0.15, 0.2) is 0 Å². The Morgan fingerprint density at radius 3 is 2.06 bits per heavy atom. The number of carbonyl (C=O) groups is 1. The number of aliphatic carboxylic acids is 1. The van der Waals surface area contributed by atoms with Gasteiger partial charge in [-0.2, -0.15) is 0 Å². The molecule has 0 aliphatic heterocycles. The quantitative estimate of drug-likeness (QED) is 0.792. The minimum Gasteiger partial charge on any atom is -0.481 e. The summed E-state index contributed by atoms with van der Waals surface area (Å²) in [5.41, 5.74) is -0.00502. The summed E-state index contributed by atoms with van der Waals surface area (Å²) in [6, 6.07) is 0. The van der Waals surface area contributed by atoms with Crippen molar-refractivity contribution in [1.29, 1.82) is 0 Å². The molecule has 0 bridgehead atoms. The van der Waals surface area contributed by atoms with Gasteiger partial charge in [-0.25, -0.2) is 0 Å². The lowest BCUT2D eigenvalue weighted by Gasteiger charge is -2.45. The minimum atomic E-state index is -0.636. The summed E-state index contributed by atoms with van der Waals surface area (Å²) in [5, 5.41) is 9.24. The zero-order valence-electron chi connectivity index (χ0n) is 12.4. The number of carboxylic acid groups (broad SMARTS) is 1. The van der Waals surface area contributed by atoms with Crippen LogP contribution in [0.5, 0.6) is 0 Å². The van der Waals surface area contributed by atoms with Crippen LogP contribution in [0.1, 0.15) is 52.4 Å². The molecule has 1 saturated carbocycles. The van der Waals surface area contributed by atoms with E-state index in [1.54, 1.807) is 0 Å². The Hall–Kier alpha value is -0.570. The Labute approximate surface area is 112 Å². The summed E-state index contributed by atoms with van der Waals surface area (Å²) in [7, 11) is 4.11. The van der Waals surface area contributed by atoms with Crippen LogP contribution in [0.3, 0.4) is 0 Å². The largest absolute Gasteiger partial charge is 0.481 e. The summed E-state index contributed by atoms with van der Waals surface area (Å²) in [6.45, 7) is 5.39. The molecule has 1 aliphatic carbocycles. The molecule has 1 unspecified atom stereocenters. The molecule has 1 N–H and O–H groups in total. The second kappa shape index (κ2) is 6.55. The third-order valence-corrected chi connectivity index (χ3v) is 4.44. The van der Waals surface area contributed by atoms with E-state index >= 15 is 0 Å². The molecule has 0 aromatic carbocycles. The Kier molecular flexibility index (Phi) is 5.64. The van der Waals surface area contributed by atoms with Gasteiger partial charge < -0.3 is 10.0 Å². The number of nitrogens with zero attached hydrogens (tertiary/aromatic N) is 1. The van der Waals surface area contributed by atoms with Gasteiger partial charge >= 0.3 is 5.97 Å². The standard InChI is InChI=1S/C15H29NO2/c1-5-12-7-13(6-2)9-15(8-12,10-14(17)18)11-16(3)4/h12-13H,5-11H2,1-4H3,(H,17,18)/t12-,13+,15?. The maximum absolute atomic E-state index is 11.2. The van der Waals surface area contributed by atoms with E-state index in [1.807, 2.05) is 0 Å². The molecule has 0 saturated heterocycles. The fourth-order valence-corrected chi connectivity index (χ4v) is 3.89. The number of carboxylic acids is 1. The van der Waals surface area contributed by atoms with Crippen molar-refractivity contribution in [3.8, 4) is 0 Å². The first-order chi connectivity index (χ1) is 8.40. The maximum atomic E-state index is 11.2. The fraction of sp³-hybridized carbons (Fsp3) is 0.933. The third-order valence-electron chi connectivity index (χ3n) is 4.44. The molecule has 3 atom stereocenters. The molecule has 0 spiro atoms. The van der Waals surface area contributed by atoms with Crippen molar-refractivity contribution in [1.82, 2.24) is 4.90 Å². The van der Waals surface area contributed by atoms with Crippen LogP contribution in [0.4, 0.5) is 0 Å². The highest BCUT2D eigenvalue weighted by Crippen LogP contribution is 2.47. The highest BCUT2D eigenvalue weighted by Gasteiger charge is 2.41. The van der Waals surface area contributed by atoms with Crippen LogP contribution in [0.25, 0.3) is 0 Å². The second-order valence-electron chi connectivity index (χ2n) is 6.50. The molecule has 106 valence electrons. The summed E-state index contributed by atoms with van der Waals surface area (Å²) >= 11 is 0. The van der Waals surface area contributed by atoms with Crippen LogP contribution in [0, 0.1) is 17.3 Å². The zero-order valence-corrected chi connectivity index (χ0v) is 12.4. The lowest BCUT2D eigenvalue weighted by molar-refractivity contribution is -0.141. The molecule has 1 aliphatic rings. The van der Waals surface area contributed by atoms with Crippen LogP contribution < -0.4 is 0 Å². The summed E-state index contributed by atoms with van der Waals surface area (Å²) in [4.78, 5) is 13.4. The van der Waals surface area contributed by atoms with E-state index in [4.69, 9.17) is 0 Å². The van der Waals surface area contributed by atoms with Gasteiger partial charge in [0.25, 0.3) is 0 Å². The van der Waals surface area contributed by atoms with E-state index < -0.39 is 5.97 Å². The number of rotatable bonds is 6. The molecule has 0 aromatic rings. The van der Waals surface area contributed by atoms with Gasteiger partial charge in [0.1, 0.15) is 0 Å². The van der Waals surface area contributed by atoms with Gasteiger partial charge in [0, 0.05) is 6.54 Å². The second-order valence-corrected chi connectivity index (χ2v) is 6.50. The molecule has 0 aromatic heterocycles. The van der Waals surface area contributed by atoms with Gasteiger partial charge in [0.2, 0.25) is 0 Å². The third kappa shape index (κ3) is 4.27. The van der Waals surface area contributed by atoms with Gasteiger partial charge in [-0.15, -0.1) is 0 Å². The lowest BCUT2D eigenvalue weighted by atomic mass is 9.62. The predicted molar refractivity (Wildman–Crippen MR) is 74.7 cm³/mol. The Bertz CT molecular complexity index is 264. The predicted octanol–water partition coefficient (Wildman–Crippen LogP) is 3.25. The average molecular weight is 255 g/mol. The molecular weight excluding hydrogens is 226 g/mol. The van der Waals surface area contributed by atoms with Crippen LogP contribution in [0.15, 0.2) is 0 Å². The van der Waals surface area contributed by atoms with Gasteiger partial charge in [-0.1, -0.05) is 26.7 Å². The normalized spacial score (nSPS) is 32.7. The van der Waals surface area contributed by atoms with E-state index in [0.29, 0.717) is 18.3 Å². The maximum Gasteiger partial charge on any atom is 0.303 e. The monoisotopic (exact) mass is 255 g/mol. The Balaban J connectivity index is 2.87. The smallest absolute Gasteiger partial charge is 0.303 e. The van der Waals surface area contributed by atoms with E-state index in [1.165, 1.54) is 19.3 Å². The van der Waals surface area contributed by atoms with Crippen molar-refractivity contribution in [3.05, 3.63) is 0 Å². The first-order valence-corrected chi connectivity index (χ1v) is 7.27. The number of hydrogen-bond acceptors (Lipinski definition) is 2. The van der Waals surface area contributed by atoms with Crippen molar-refractivity contribution in [3.63, 3.8) is 0 Å². The lowest BCUT2D eigenvalue weighted by Crippen LogP contribution is -2.42. The van der Waals surface area contributed by atoms with Crippen LogP contribution >= 0.6 is 0 Å². The summed E-state index contributed by atoms with van der Waals surface area (Å²) < 4.78 is 0. The highest BCUT2D eigenvalue weighted by molar-refractivity contribution is 5.67. The van der Waals surface area contributed by atoms with Crippen molar-refractivity contribution in [2.75, 3.05) is 20.6 Å². The Morgan fingerprint density at radius 1 is 1.22 bits per heavy atom. The van der Waals surface area contributed by atoms with E-state index in [0.717, 1.165) is 19.4 Å². The van der Waals surface area contributed by atoms with Gasteiger partial charge in [-0.05, 0) is 50.6 Å². The van der Waals surface area contributed by atoms with E-state index in [-0.39, 0.29) is 5.41 Å². The van der Waals surface area contributed by atoms with Crippen molar-refractivity contribution < 1.29 is 9.90 Å². The molecule has 0 radical (unpaired) electrons. The Morgan fingerprint density at radius 2 is 1.72 bits per heavy atom. The van der Waals surface area contributed by atoms with Gasteiger partial charge in [0.05, 0.1) is 6.42 Å². The minimum absolute atomic E-state index is 0.00502. The molecule has 1 rings (SSSR count). The van der Waals surface area contributed by atoms with Crippen molar-refractivity contribution >= 4 is 5.97 Å². The van der Waals surface area contributed by atoms with E-state index in [9.17, 15) is 9.90 Å². The van der Waals surface area contributed by atoms with Crippen LogP contribution in [-0.4, -0.2) is 36.6 Å². The first kappa shape index (κ1) is 15.5. The molecule has 3 heteroatoms. The molecular formula is C15H29NO2. The van der Waals surface area contributed by atoms with Crippen LogP contribution in [0.2, 0.25) is 0 Å². The fourth-order valence-electron chi connectivity index (χ4n) is 3.89. The van der Waals surface area contributed by atoms with E-state index in [2.05, 4.69) is 32.8 Å². The molecule has 0 amide bonds. The average Bonchev–Trinajstić information content (AvgIpc) is 2.25. The van der Waals surface area contributed by atoms with Crippen LogP contribution in [-0.2, 0) is 4.79 Å². The number of hydrogen-bond donors (Lipinski definition) is 1. The SMILES string of the molecule is CC[C@@H]1C[C@H](CC)CC(CC(=O)O)(CN(C)C)C1. The molecule has 18 heavy (non-hydrogen) atoms. The molecule has 3 nitrogen and oxygen atoms in total. The summed E-state index contributed by atoms with van der Waals surface area (Å²) in [6.07, 6.45) is 6.17. The topological polar surface area (TPSA) is 40.5 Å². The molecule has 1 fully saturated rings. The highest BCUT2D eigenvalue weighted by atomic mass is 16.4. The van der Waals surface area contributed by atoms with Crippen molar-refractivity contribution in [2.24, 2.45) is 17.3 Å². The van der Waals surface area contributed by atoms with Gasteiger partial charge in [-0.3, -0.25) is 4.79 Å². The van der Waals surface area contributed by atoms with Crippen molar-refractivity contribution in [2.45, 2.75) is 52.4 Å². The summed E-state index contributed by atoms with van der Waals surface area (Å²) in [5.74, 6) is 0.787. The first-order valence-electron chi connectivity index (χ1n) is 7.27. The molecule has 0 heterocycles. The zero-order chi connectivity index (χ0) is 13.8.